The maximum absolute atomic E-state index is 5.14. The molecular weight excluding hydrogens is 218 g/mol. The summed E-state index contributed by atoms with van der Waals surface area (Å²) in [5.74, 6) is 0.914. The lowest BCUT2D eigenvalue weighted by Gasteiger charge is -2.05. The van der Waals surface area contributed by atoms with Crippen molar-refractivity contribution in [2.45, 2.75) is 20.3 Å². The van der Waals surface area contributed by atoms with Gasteiger partial charge in [-0.1, -0.05) is 19.1 Å². The molecule has 2 aromatic rings. The number of hydrogen-bond donors (Lipinski definition) is 1. The molecule has 0 saturated carbocycles. The van der Waals surface area contributed by atoms with Crippen LogP contribution in [0.3, 0.4) is 0 Å². The molecule has 3 nitrogen and oxygen atoms in total. The molecular formula is C12H13N3S. The molecule has 2 rings (SSSR count). The van der Waals surface area contributed by atoms with Gasteiger partial charge in [0.2, 0.25) is 0 Å². The minimum absolute atomic E-state index is 0.625. The van der Waals surface area contributed by atoms with Gasteiger partial charge in [0.15, 0.2) is 0 Å². The molecule has 1 N–H and O–H groups in total. The van der Waals surface area contributed by atoms with Crippen LogP contribution in [0.25, 0.3) is 11.3 Å². The number of H-pyrrole nitrogens is 1. The number of aryl methyl sites for hydroxylation is 2. The molecule has 2 heterocycles. The van der Waals surface area contributed by atoms with Gasteiger partial charge in [-0.3, -0.25) is 4.98 Å². The number of rotatable bonds is 2. The van der Waals surface area contributed by atoms with Crippen molar-refractivity contribution in [3.05, 3.63) is 40.6 Å². The van der Waals surface area contributed by atoms with Crippen molar-refractivity contribution in [1.82, 2.24) is 15.0 Å². The third-order valence-electron chi connectivity index (χ3n) is 2.33. The Balaban J connectivity index is 2.55. The fraction of sp³-hybridized carbons (Fsp3) is 0.250. The number of pyridine rings is 1. The average Bonchev–Trinajstić information content (AvgIpc) is 2.28. The van der Waals surface area contributed by atoms with Crippen LogP contribution in [0.2, 0.25) is 0 Å². The molecule has 0 aliphatic heterocycles. The summed E-state index contributed by atoms with van der Waals surface area (Å²) in [7, 11) is 0. The lowest BCUT2D eigenvalue weighted by Crippen LogP contribution is -1.95. The molecule has 0 saturated heterocycles. The van der Waals surface area contributed by atoms with Gasteiger partial charge in [-0.2, -0.15) is 0 Å². The first-order valence-corrected chi connectivity index (χ1v) is 5.63. The second kappa shape index (κ2) is 4.53. The van der Waals surface area contributed by atoms with Crippen LogP contribution in [0, 0.1) is 11.6 Å². The molecule has 0 aromatic carbocycles. The summed E-state index contributed by atoms with van der Waals surface area (Å²) in [4.78, 5) is 11.7. The van der Waals surface area contributed by atoms with E-state index in [4.69, 9.17) is 12.2 Å². The fourth-order valence-corrected chi connectivity index (χ4v) is 1.77. The summed E-state index contributed by atoms with van der Waals surface area (Å²) >= 11 is 5.14. The van der Waals surface area contributed by atoms with E-state index in [1.165, 1.54) is 0 Å². The highest BCUT2D eigenvalue weighted by Gasteiger charge is 2.01. The van der Waals surface area contributed by atoms with Crippen molar-refractivity contribution >= 4 is 12.2 Å². The van der Waals surface area contributed by atoms with Gasteiger partial charge in [0.05, 0.1) is 0 Å². The summed E-state index contributed by atoms with van der Waals surface area (Å²) in [6.45, 7) is 4.02. The third-order valence-corrected chi connectivity index (χ3v) is 2.54. The van der Waals surface area contributed by atoms with Crippen molar-refractivity contribution in [2.24, 2.45) is 0 Å². The average molecular weight is 231 g/mol. The quantitative estimate of drug-likeness (QED) is 0.808. The Morgan fingerprint density at radius 2 is 2.19 bits per heavy atom. The fourth-order valence-electron chi connectivity index (χ4n) is 1.54. The Hall–Kier alpha value is -1.55. The molecule has 0 atom stereocenters. The molecule has 0 bridgehead atoms. The predicted octanol–water partition coefficient (Wildman–Crippen LogP) is 3.07. The molecule has 0 spiro atoms. The first-order valence-electron chi connectivity index (χ1n) is 5.22. The molecule has 2 aromatic heterocycles. The molecule has 82 valence electrons. The maximum Gasteiger partial charge on any atom is 0.130 e. The smallest absolute Gasteiger partial charge is 0.130 e. The van der Waals surface area contributed by atoms with Gasteiger partial charge in [0.25, 0.3) is 0 Å². The molecule has 0 unspecified atom stereocenters. The van der Waals surface area contributed by atoms with Gasteiger partial charge in [-0.25, -0.2) is 4.98 Å². The van der Waals surface area contributed by atoms with E-state index >= 15 is 0 Å². The highest BCUT2D eigenvalue weighted by molar-refractivity contribution is 7.71. The Morgan fingerprint density at radius 3 is 2.88 bits per heavy atom. The van der Waals surface area contributed by atoms with Crippen LogP contribution in [0.15, 0.2) is 24.4 Å². The molecule has 0 fully saturated rings. The van der Waals surface area contributed by atoms with Gasteiger partial charge in [0.1, 0.15) is 10.5 Å². The van der Waals surface area contributed by atoms with Crippen LogP contribution in [0.5, 0.6) is 0 Å². The highest BCUT2D eigenvalue weighted by atomic mass is 32.1. The standard InChI is InChI=1S/C12H13N3S/c1-3-11-14-10(7-12(16)15-11)9-4-5-13-8(2)6-9/h4-7H,3H2,1-2H3,(H,14,15,16). The number of aromatic amines is 1. The number of aromatic nitrogens is 3. The largest absolute Gasteiger partial charge is 0.343 e. The minimum Gasteiger partial charge on any atom is -0.343 e. The van der Waals surface area contributed by atoms with E-state index in [2.05, 4.69) is 21.9 Å². The van der Waals surface area contributed by atoms with Crippen LogP contribution in [-0.2, 0) is 6.42 Å². The van der Waals surface area contributed by atoms with Crippen LogP contribution >= 0.6 is 12.2 Å². The van der Waals surface area contributed by atoms with Gasteiger partial charge < -0.3 is 4.98 Å². The first kappa shape index (κ1) is 11.0. The summed E-state index contributed by atoms with van der Waals surface area (Å²) in [5.41, 5.74) is 3.09. The number of hydrogen-bond acceptors (Lipinski definition) is 3. The zero-order chi connectivity index (χ0) is 11.5. The van der Waals surface area contributed by atoms with E-state index in [9.17, 15) is 0 Å². The third kappa shape index (κ3) is 2.33. The van der Waals surface area contributed by atoms with Gasteiger partial charge in [-0.05, 0) is 25.1 Å². The lowest BCUT2D eigenvalue weighted by atomic mass is 10.1. The lowest BCUT2D eigenvalue weighted by molar-refractivity contribution is 0.936. The summed E-state index contributed by atoms with van der Waals surface area (Å²) in [6, 6.07) is 5.87. The van der Waals surface area contributed by atoms with E-state index in [0.29, 0.717) is 4.64 Å². The van der Waals surface area contributed by atoms with Gasteiger partial charge in [0, 0.05) is 29.6 Å². The topological polar surface area (TPSA) is 41.6 Å². The summed E-state index contributed by atoms with van der Waals surface area (Å²) < 4.78 is 0.625. The minimum atomic E-state index is 0.625. The van der Waals surface area contributed by atoms with Gasteiger partial charge >= 0.3 is 0 Å². The number of nitrogens with zero attached hydrogens (tertiary/aromatic N) is 2. The predicted molar refractivity (Wildman–Crippen MR) is 66.8 cm³/mol. The monoisotopic (exact) mass is 231 g/mol. The van der Waals surface area contributed by atoms with Crippen LogP contribution < -0.4 is 0 Å². The zero-order valence-corrected chi connectivity index (χ0v) is 10.1. The van der Waals surface area contributed by atoms with E-state index in [0.717, 1.165) is 29.2 Å². The summed E-state index contributed by atoms with van der Waals surface area (Å²) in [5, 5.41) is 0. The zero-order valence-electron chi connectivity index (χ0n) is 9.32. The first-order chi connectivity index (χ1) is 7.69. The normalized spacial score (nSPS) is 10.4. The Kier molecular flexibility index (Phi) is 3.10. The Morgan fingerprint density at radius 1 is 1.38 bits per heavy atom. The van der Waals surface area contributed by atoms with Crippen LogP contribution in [0.1, 0.15) is 18.4 Å². The Labute approximate surface area is 99.6 Å². The van der Waals surface area contributed by atoms with Crippen molar-refractivity contribution in [3.63, 3.8) is 0 Å². The Bertz CT molecular complexity index is 560. The van der Waals surface area contributed by atoms with Crippen molar-refractivity contribution < 1.29 is 0 Å². The molecule has 0 amide bonds. The second-order valence-corrected chi connectivity index (χ2v) is 4.04. The van der Waals surface area contributed by atoms with Crippen molar-refractivity contribution in [2.75, 3.05) is 0 Å². The highest BCUT2D eigenvalue weighted by Crippen LogP contribution is 2.17. The van der Waals surface area contributed by atoms with E-state index < -0.39 is 0 Å². The molecule has 0 radical (unpaired) electrons. The van der Waals surface area contributed by atoms with Gasteiger partial charge in [-0.15, -0.1) is 0 Å². The van der Waals surface area contributed by atoms with Crippen molar-refractivity contribution in [3.8, 4) is 11.3 Å². The SMILES string of the molecule is CCc1nc(=S)cc(-c2ccnc(C)c2)[nH]1. The molecule has 16 heavy (non-hydrogen) atoms. The van der Waals surface area contributed by atoms with E-state index in [-0.39, 0.29) is 0 Å². The van der Waals surface area contributed by atoms with E-state index in [1.807, 2.05) is 25.1 Å². The van der Waals surface area contributed by atoms with Crippen molar-refractivity contribution in [1.29, 1.82) is 0 Å². The molecule has 0 aliphatic carbocycles. The maximum atomic E-state index is 5.14. The van der Waals surface area contributed by atoms with Crippen LogP contribution in [-0.4, -0.2) is 15.0 Å². The number of nitrogens with one attached hydrogen (secondary N) is 1. The van der Waals surface area contributed by atoms with Crippen LogP contribution in [0.4, 0.5) is 0 Å². The van der Waals surface area contributed by atoms with E-state index in [1.54, 1.807) is 6.20 Å². The summed E-state index contributed by atoms with van der Waals surface area (Å²) in [6.07, 6.45) is 2.65. The second-order valence-electron chi connectivity index (χ2n) is 3.62. The molecule has 0 aliphatic rings. The molecule has 4 heteroatoms.